The van der Waals surface area contributed by atoms with E-state index in [-0.39, 0.29) is 18.3 Å². The summed E-state index contributed by atoms with van der Waals surface area (Å²) in [7, 11) is 1.61. The molecule has 2 aromatic heterocycles. The van der Waals surface area contributed by atoms with Crippen LogP contribution in [0.25, 0.3) is 11.4 Å². The highest BCUT2D eigenvalue weighted by atomic mass is 16.5. The Balaban J connectivity index is 1.35. The highest BCUT2D eigenvalue weighted by Crippen LogP contribution is 2.17. The van der Waals surface area contributed by atoms with Crippen molar-refractivity contribution < 1.29 is 18.8 Å². The molecule has 9 heteroatoms. The third-order valence-electron chi connectivity index (χ3n) is 3.55. The molecule has 3 rings (SSSR count). The van der Waals surface area contributed by atoms with E-state index in [2.05, 4.69) is 26.0 Å². The van der Waals surface area contributed by atoms with Gasteiger partial charge in [-0.25, -0.2) is 5.43 Å². The first kappa shape index (κ1) is 18.2. The van der Waals surface area contributed by atoms with E-state index in [0.29, 0.717) is 18.9 Å². The summed E-state index contributed by atoms with van der Waals surface area (Å²) in [6.07, 6.45) is 4.11. The van der Waals surface area contributed by atoms with Crippen molar-refractivity contribution in [1.82, 2.24) is 20.6 Å². The van der Waals surface area contributed by atoms with E-state index in [4.69, 9.17) is 14.0 Å². The first-order valence-corrected chi connectivity index (χ1v) is 8.30. The summed E-state index contributed by atoms with van der Waals surface area (Å²) in [4.78, 5) is 19.9. The number of nitrogens with one attached hydrogen (secondary N) is 2. The molecule has 0 aliphatic rings. The molecule has 2 N–H and O–H groups in total. The van der Waals surface area contributed by atoms with Crippen molar-refractivity contribution in [2.75, 3.05) is 19.1 Å². The normalized spacial score (nSPS) is 10.3. The second kappa shape index (κ2) is 9.18. The second-order valence-electron chi connectivity index (χ2n) is 5.46. The van der Waals surface area contributed by atoms with Crippen LogP contribution in [0.5, 0.6) is 11.5 Å². The molecule has 0 aliphatic carbocycles. The summed E-state index contributed by atoms with van der Waals surface area (Å²) in [5, 5.41) is 3.83. The molecule has 9 nitrogen and oxygen atoms in total. The van der Waals surface area contributed by atoms with Crippen molar-refractivity contribution in [3.63, 3.8) is 0 Å². The predicted octanol–water partition coefficient (Wildman–Crippen LogP) is 2.44. The number of rotatable bonds is 9. The second-order valence-corrected chi connectivity index (χ2v) is 5.46. The average Bonchev–Trinajstić information content (AvgIpc) is 3.20. The topological polar surface area (TPSA) is 111 Å². The van der Waals surface area contributed by atoms with Gasteiger partial charge >= 0.3 is 6.01 Å². The third-order valence-corrected chi connectivity index (χ3v) is 3.55. The minimum Gasteiger partial charge on any atom is -0.497 e. The Morgan fingerprint density at radius 1 is 1.11 bits per heavy atom. The van der Waals surface area contributed by atoms with Gasteiger partial charge in [0.15, 0.2) is 0 Å². The molecule has 3 aromatic rings. The maximum atomic E-state index is 11.8. The Morgan fingerprint density at radius 3 is 2.59 bits per heavy atom. The van der Waals surface area contributed by atoms with Gasteiger partial charge in [0, 0.05) is 24.4 Å². The molecule has 0 bridgehead atoms. The van der Waals surface area contributed by atoms with Gasteiger partial charge < -0.3 is 14.0 Å². The zero-order chi connectivity index (χ0) is 18.9. The molecule has 0 unspecified atom stereocenters. The molecule has 0 atom stereocenters. The van der Waals surface area contributed by atoms with Gasteiger partial charge in [-0.15, -0.1) is 0 Å². The fraction of sp³-hybridized carbons (Fsp3) is 0.222. The van der Waals surface area contributed by atoms with Crippen LogP contribution in [0.15, 0.2) is 53.3 Å². The van der Waals surface area contributed by atoms with Crippen molar-refractivity contribution in [3.05, 3.63) is 48.8 Å². The molecule has 0 radical (unpaired) electrons. The van der Waals surface area contributed by atoms with Crippen molar-refractivity contribution in [2.24, 2.45) is 0 Å². The zero-order valence-electron chi connectivity index (χ0n) is 14.7. The van der Waals surface area contributed by atoms with Gasteiger partial charge in [0.25, 0.3) is 0 Å². The number of nitrogens with zero attached hydrogens (tertiary/aromatic N) is 3. The molecule has 0 saturated heterocycles. The fourth-order valence-electron chi connectivity index (χ4n) is 2.17. The number of hydrogen-bond acceptors (Lipinski definition) is 8. The molecular formula is C18H19N5O4. The number of hydrazine groups is 1. The van der Waals surface area contributed by atoms with E-state index < -0.39 is 0 Å². The molecule has 0 fully saturated rings. The van der Waals surface area contributed by atoms with E-state index in [1.807, 2.05) is 24.3 Å². The number of methoxy groups -OCH3 is 1. The maximum absolute atomic E-state index is 11.8. The molecule has 1 aromatic carbocycles. The predicted molar refractivity (Wildman–Crippen MR) is 97.0 cm³/mol. The molecule has 0 saturated carbocycles. The number of aromatic nitrogens is 3. The number of pyridine rings is 1. The lowest BCUT2D eigenvalue weighted by Gasteiger charge is -2.07. The lowest BCUT2D eigenvalue weighted by atomic mass is 10.3. The van der Waals surface area contributed by atoms with Gasteiger partial charge in [-0.05, 0) is 42.8 Å². The molecule has 0 spiro atoms. The Labute approximate surface area is 155 Å². The van der Waals surface area contributed by atoms with Crippen molar-refractivity contribution >= 4 is 11.9 Å². The summed E-state index contributed by atoms with van der Waals surface area (Å²) in [5.74, 6) is 1.68. The van der Waals surface area contributed by atoms with E-state index in [1.165, 1.54) is 0 Å². The highest BCUT2D eigenvalue weighted by molar-refractivity contribution is 5.76. The lowest BCUT2D eigenvalue weighted by molar-refractivity contribution is -0.120. The Morgan fingerprint density at radius 2 is 1.85 bits per heavy atom. The molecule has 2 heterocycles. The first-order chi connectivity index (χ1) is 13.2. The smallest absolute Gasteiger partial charge is 0.340 e. The number of amides is 1. The average molecular weight is 369 g/mol. The van der Waals surface area contributed by atoms with Crippen molar-refractivity contribution in [3.8, 4) is 22.9 Å². The lowest BCUT2D eigenvalue weighted by Crippen LogP contribution is -2.29. The van der Waals surface area contributed by atoms with Gasteiger partial charge in [-0.3, -0.25) is 15.2 Å². The van der Waals surface area contributed by atoms with E-state index >= 15 is 0 Å². The Hall–Kier alpha value is -3.62. The van der Waals surface area contributed by atoms with Crippen LogP contribution in [0.1, 0.15) is 12.8 Å². The van der Waals surface area contributed by atoms with Crippen LogP contribution in [-0.4, -0.2) is 34.7 Å². The summed E-state index contributed by atoms with van der Waals surface area (Å²) in [6, 6.07) is 10.9. The highest BCUT2D eigenvalue weighted by Gasteiger charge is 2.09. The molecule has 27 heavy (non-hydrogen) atoms. The number of hydrogen-bond donors (Lipinski definition) is 2. The van der Waals surface area contributed by atoms with Gasteiger partial charge in [-0.2, -0.15) is 4.98 Å². The number of anilines is 1. The summed E-state index contributed by atoms with van der Waals surface area (Å²) < 4.78 is 15.7. The summed E-state index contributed by atoms with van der Waals surface area (Å²) in [6.45, 7) is 0.423. The quantitative estimate of drug-likeness (QED) is 0.437. The van der Waals surface area contributed by atoms with Gasteiger partial charge in [0.2, 0.25) is 11.7 Å². The monoisotopic (exact) mass is 369 g/mol. The molecule has 140 valence electrons. The van der Waals surface area contributed by atoms with Crippen molar-refractivity contribution in [1.29, 1.82) is 0 Å². The number of carbonyl (C=O) groups is 1. The zero-order valence-corrected chi connectivity index (χ0v) is 14.7. The van der Waals surface area contributed by atoms with Crippen LogP contribution < -0.4 is 20.3 Å². The Bertz CT molecular complexity index is 852. The SMILES string of the molecule is COc1ccc(OCCCC(=O)NNc2nc(-c3ccncc3)no2)cc1. The third kappa shape index (κ3) is 5.43. The van der Waals surface area contributed by atoms with Gasteiger partial charge in [0.1, 0.15) is 11.5 Å². The van der Waals surface area contributed by atoms with Crippen LogP contribution in [0, 0.1) is 0 Å². The van der Waals surface area contributed by atoms with Crippen LogP contribution >= 0.6 is 0 Å². The van der Waals surface area contributed by atoms with E-state index in [9.17, 15) is 4.79 Å². The van der Waals surface area contributed by atoms with Crippen LogP contribution in [-0.2, 0) is 4.79 Å². The number of ether oxygens (including phenoxy) is 2. The number of carbonyl (C=O) groups excluding carboxylic acids is 1. The fourth-order valence-corrected chi connectivity index (χ4v) is 2.17. The molecule has 1 amide bonds. The van der Waals surface area contributed by atoms with Crippen LogP contribution in [0.2, 0.25) is 0 Å². The Kier molecular flexibility index (Phi) is 6.18. The molecular weight excluding hydrogens is 350 g/mol. The minimum atomic E-state index is -0.211. The van der Waals surface area contributed by atoms with Gasteiger partial charge in [0.05, 0.1) is 13.7 Å². The minimum absolute atomic E-state index is 0.102. The summed E-state index contributed by atoms with van der Waals surface area (Å²) >= 11 is 0. The van der Waals surface area contributed by atoms with Crippen LogP contribution in [0.4, 0.5) is 6.01 Å². The van der Waals surface area contributed by atoms with E-state index in [1.54, 1.807) is 31.6 Å². The largest absolute Gasteiger partial charge is 0.497 e. The van der Waals surface area contributed by atoms with E-state index in [0.717, 1.165) is 17.1 Å². The van der Waals surface area contributed by atoms with Crippen molar-refractivity contribution in [2.45, 2.75) is 12.8 Å². The first-order valence-electron chi connectivity index (χ1n) is 8.30. The van der Waals surface area contributed by atoms with Crippen LogP contribution in [0.3, 0.4) is 0 Å². The standard InChI is InChI=1S/C18H19N5O4/c1-25-14-4-6-15(7-5-14)26-12-2-3-16(24)21-22-18-20-17(23-27-18)13-8-10-19-11-9-13/h4-11H,2-3,12H2,1H3,(H,21,24)(H,20,22,23). The number of benzene rings is 1. The molecule has 0 aliphatic heterocycles. The van der Waals surface area contributed by atoms with Gasteiger partial charge in [-0.1, -0.05) is 5.16 Å². The maximum Gasteiger partial charge on any atom is 0.340 e. The summed E-state index contributed by atoms with van der Waals surface area (Å²) in [5.41, 5.74) is 5.87.